The molecule has 0 saturated heterocycles. The number of benzene rings is 1. The fourth-order valence-corrected chi connectivity index (χ4v) is 2.89. The molecule has 188 valence electrons. The Labute approximate surface area is 204 Å². The van der Waals surface area contributed by atoms with Crippen LogP contribution in [0, 0.1) is 12.5 Å². The number of nitrogens with zero attached hydrogens (tertiary/aromatic N) is 1. The highest BCUT2D eigenvalue weighted by Gasteiger charge is 2.36. The number of carbonyl (C=O) groups excluding carboxylic acids is 5. The van der Waals surface area contributed by atoms with Gasteiger partial charge in [0.25, 0.3) is 5.91 Å². The first kappa shape index (κ1) is 28.7. The van der Waals surface area contributed by atoms with Gasteiger partial charge in [0, 0.05) is 6.04 Å². The Morgan fingerprint density at radius 1 is 1.26 bits per heavy atom. The summed E-state index contributed by atoms with van der Waals surface area (Å²) in [6.07, 6.45) is 5.53. The average Bonchev–Trinajstić information content (AvgIpc) is 2.78. The molecule has 0 heterocycles. The molecule has 4 amide bonds. The molecular formula is C24H30N4O7. The van der Waals surface area contributed by atoms with E-state index in [2.05, 4.69) is 28.0 Å². The number of methoxy groups -OCH3 is 1. The van der Waals surface area contributed by atoms with Gasteiger partial charge >= 0.3 is 12.1 Å². The lowest BCUT2D eigenvalue weighted by atomic mass is 10.0. The van der Waals surface area contributed by atoms with Gasteiger partial charge in [0.15, 0.2) is 0 Å². The number of esters is 1. The van der Waals surface area contributed by atoms with Crippen molar-refractivity contribution in [3.05, 3.63) is 42.0 Å². The van der Waals surface area contributed by atoms with Crippen LogP contribution in [0.25, 0.3) is 6.08 Å². The fourth-order valence-electron chi connectivity index (χ4n) is 2.89. The number of alkyl carbamates (subject to hydrolysis) is 1. The zero-order chi connectivity index (χ0) is 26.8. The zero-order valence-electron chi connectivity index (χ0n) is 20.1. The van der Waals surface area contributed by atoms with Crippen LogP contribution in [0.1, 0.15) is 44.4 Å². The Bertz CT molecular complexity index is 1020. The van der Waals surface area contributed by atoms with Crippen molar-refractivity contribution in [1.82, 2.24) is 15.5 Å². The smallest absolute Gasteiger partial charge is 0.408 e. The molecule has 2 atom stereocenters. The largest absolute Gasteiger partial charge is 0.468 e. The maximum Gasteiger partial charge on any atom is 0.408 e. The fraction of sp³-hybridized carbons (Fsp3) is 0.375. The van der Waals surface area contributed by atoms with Crippen molar-refractivity contribution < 1.29 is 33.4 Å². The quantitative estimate of drug-likeness (QED) is 0.251. The summed E-state index contributed by atoms with van der Waals surface area (Å²) in [5.41, 5.74) is 5.28. The molecule has 11 nitrogen and oxygen atoms in total. The second kappa shape index (κ2) is 12.8. The van der Waals surface area contributed by atoms with E-state index in [0.717, 1.165) is 7.11 Å². The summed E-state index contributed by atoms with van der Waals surface area (Å²) in [5, 5.41) is 4.63. The summed E-state index contributed by atoms with van der Waals surface area (Å²) in [4.78, 5) is 62.6. The molecule has 1 rings (SSSR count). The predicted molar refractivity (Wildman–Crippen MR) is 127 cm³/mol. The minimum atomic E-state index is -1.53. The van der Waals surface area contributed by atoms with Gasteiger partial charge < -0.3 is 25.8 Å². The van der Waals surface area contributed by atoms with Gasteiger partial charge in [-0.25, -0.2) is 4.79 Å². The second-order valence-electron chi connectivity index (χ2n) is 8.28. The van der Waals surface area contributed by atoms with E-state index in [9.17, 15) is 24.0 Å². The first-order valence-corrected chi connectivity index (χ1v) is 10.5. The topological polar surface area (TPSA) is 157 Å². The highest BCUT2D eigenvalue weighted by molar-refractivity contribution is 5.96. The molecular weight excluding hydrogens is 456 g/mol. The molecule has 1 aromatic rings. The third-order valence-corrected chi connectivity index (χ3v) is 4.37. The van der Waals surface area contributed by atoms with Gasteiger partial charge in [0.05, 0.1) is 13.5 Å². The van der Waals surface area contributed by atoms with Gasteiger partial charge in [-0.2, -0.15) is 0 Å². The van der Waals surface area contributed by atoms with E-state index in [1.54, 1.807) is 39.0 Å². The Morgan fingerprint density at radius 3 is 2.43 bits per heavy atom. The molecule has 4 N–H and O–H groups in total. The van der Waals surface area contributed by atoms with Crippen molar-refractivity contribution in [2.75, 3.05) is 13.7 Å². The van der Waals surface area contributed by atoms with E-state index in [1.165, 1.54) is 12.1 Å². The Balaban J connectivity index is 3.42. The number of carbonyl (C=O) groups is 5. The van der Waals surface area contributed by atoms with E-state index in [0.29, 0.717) is 10.5 Å². The van der Waals surface area contributed by atoms with Crippen LogP contribution >= 0.6 is 0 Å². The van der Waals surface area contributed by atoms with Crippen molar-refractivity contribution in [3.63, 3.8) is 0 Å². The minimum Gasteiger partial charge on any atom is -0.468 e. The summed E-state index contributed by atoms with van der Waals surface area (Å²) in [6, 6.07) is 5.60. The first-order valence-electron chi connectivity index (χ1n) is 10.5. The zero-order valence-corrected chi connectivity index (χ0v) is 20.1. The van der Waals surface area contributed by atoms with E-state index >= 15 is 0 Å². The van der Waals surface area contributed by atoms with Crippen molar-refractivity contribution in [2.45, 2.75) is 44.9 Å². The molecule has 0 aliphatic heterocycles. The van der Waals surface area contributed by atoms with Crippen LogP contribution in [-0.4, -0.2) is 60.0 Å². The van der Waals surface area contributed by atoms with Gasteiger partial charge in [-0.15, -0.1) is 0 Å². The lowest BCUT2D eigenvalue weighted by Crippen LogP contribution is -2.52. The van der Waals surface area contributed by atoms with Crippen LogP contribution in [0.3, 0.4) is 0 Å². The molecule has 0 fully saturated rings. The van der Waals surface area contributed by atoms with Gasteiger partial charge in [-0.05, 0) is 38.0 Å². The van der Waals surface area contributed by atoms with Crippen molar-refractivity contribution in [1.29, 1.82) is 0 Å². The number of terminal acetylenes is 1. The lowest BCUT2D eigenvalue weighted by Gasteiger charge is -2.30. The number of nitrogens with two attached hydrogens (primary N) is 1. The van der Waals surface area contributed by atoms with E-state index in [1.807, 2.05) is 0 Å². The van der Waals surface area contributed by atoms with Crippen LogP contribution in [0.15, 0.2) is 30.8 Å². The van der Waals surface area contributed by atoms with Crippen LogP contribution in [0.5, 0.6) is 0 Å². The molecule has 0 aliphatic carbocycles. The number of rotatable bonds is 10. The Morgan fingerprint density at radius 2 is 1.91 bits per heavy atom. The third-order valence-electron chi connectivity index (χ3n) is 4.37. The molecule has 0 saturated carbocycles. The summed E-state index contributed by atoms with van der Waals surface area (Å²) in [5.74, 6) is -3.41. The monoisotopic (exact) mass is 486 g/mol. The predicted octanol–water partition coefficient (Wildman–Crippen LogP) is 0.848. The van der Waals surface area contributed by atoms with Crippen molar-refractivity contribution >= 4 is 35.9 Å². The van der Waals surface area contributed by atoms with Crippen LogP contribution < -0.4 is 16.4 Å². The average molecular weight is 487 g/mol. The van der Waals surface area contributed by atoms with E-state index < -0.39 is 60.4 Å². The summed E-state index contributed by atoms with van der Waals surface area (Å²) < 4.78 is 9.67. The Kier molecular flexibility index (Phi) is 10.5. The highest BCUT2D eigenvalue weighted by Crippen LogP contribution is 2.24. The molecule has 0 aromatic heterocycles. The number of hydrogen-bond acceptors (Lipinski definition) is 7. The van der Waals surface area contributed by atoms with Crippen LogP contribution in [0.2, 0.25) is 0 Å². The number of hydrogen-bond donors (Lipinski definition) is 3. The third kappa shape index (κ3) is 9.21. The number of primary amides is 1. The highest BCUT2D eigenvalue weighted by atomic mass is 16.6. The molecule has 11 heteroatoms. The molecule has 0 radical (unpaired) electrons. The van der Waals surface area contributed by atoms with E-state index in [4.69, 9.17) is 16.9 Å². The first-order chi connectivity index (χ1) is 16.3. The van der Waals surface area contributed by atoms with Crippen LogP contribution in [0.4, 0.5) is 4.79 Å². The summed E-state index contributed by atoms with van der Waals surface area (Å²) >= 11 is 0. The van der Waals surface area contributed by atoms with Gasteiger partial charge in [0.1, 0.15) is 24.2 Å². The lowest BCUT2D eigenvalue weighted by molar-refractivity contribution is -0.143. The molecule has 0 spiro atoms. The number of amides is 4. The summed E-state index contributed by atoms with van der Waals surface area (Å²) in [7, 11) is 1.15. The minimum absolute atomic E-state index is 0.283. The second-order valence-corrected chi connectivity index (χ2v) is 8.28. The molecule has 1 aromatic carbocycles. The van der Waals surface area contributed by atoms with Crippen molar-refractivity contribution in [3.8, 4) is 12.5 Å². The van der Waals surface area contributed by atoms with Crippen LogP contribution in [-0.2, 0) is 28.7 Å². The summed E-state index contributed by atoms with van der Waals surface area (Å²) in [6.45, 7) is 8.02. The molecule has 0 aliphatic rings. The molecule has 2 unspecified atom stereocenters. The van der Waals surface area contributed by atoms with E-state index in [-0.39, 0.29) is 5.56 Å². The van der Waals surface area contributed by atoms with Gasteiger partial charge in [0.2, 0.25) is 11.8 Å². The maximum absolute atomic E-state index is 13.4. The van der Waals surface area contributed by atoms with Gasteiger partial charge in [-0.1, -0.05) is 37.3 Å². The Hall–Kier alpha value is -4.33. The standard InChI is InChI=1S/C24H30N4O7/c1-7-15-10-9-11-16(12-15)20(21(31)26-14-19(30)34-6)28(8-2)22(32)17(13-18(25)29)27-23(33)35-24(3,4)5/h2,7,9-12,17,20H,1,13-14H2,3-6H3,(H2,25,29)(H,26,31)(H,27,33). The number of ether oxygens (including phenoxy) is 2. The molecule has 0 bridgehead atoms. The maximum atomic E-state index is 13.4. The normalized spacial score (nSPS) is 12.2. The molecule has 35 heavy (non-hydrogen) atoms. The number of nitrogens with one attached hydrogen (secondary N) is 2. The van der Waals surface area contributed by atoms with Gasteiger partial charge in [-0.3, -0.25) is 24.1 Å². The van der Waals surface area contributed by atoms with Crippen molar-refractivity contribution in [2.24, 2.45) is 5.73 Å². The SMILES string of the molecule is C#CN(C(=O)C(CC(N)=O)NC(=O)OC(C)(C)C)C(C(=O)NCC(=O)OC)c1cccc(C=C)c1.